The zero-order valence-corrected chi connectivity index (χ0v) is 8.25. The summed E-state index contributed by atoms with van der Waals surface area (Å²) in [6.07, 6.45) is 0.623. The van der Waals surface area contributed by atoms with Crippen molar-refractivity contribution < 1.29 is 13.5 Å². The first-order valence-electron chi connectivity index (χ1n) is 4.92. The van der Waals surface area contributed by atoms with E-state index in [1.165, 1.54) is 5.57 Å². The molecule has 0 bridgehead atoms. The lowest BCUT2D eigenvalue weighted by Crippen LogP contribution is -2.25. The van der Waals surface area contributed by atoms with Gasteiger partial charge in [0.05, 0.1) is 6.10 Å². The van der Waals surface area contributed by atoms with Gasteiger partial charge >= 0.3 is 6.61 Å². The fourth-order valence-corrected chi connectivity index (χ4v) is 2.56. The second-order valence-corrected chi connectivity index (χ2v) is 4.25. The van der Waals surface area contributed by atoms with E-state index in [1.54, 1.807) is 0 Å². The van der Waals surface area contributed by atoms with Crippen LogP contribution in [0.2, 0.25) is 0 Å². The molecule has 2 aliphatic heterocycles. The molecule has 0 spiro atoms. The predicted octanol–water partition coefficient (Wildman–Crippen LogP) is 1.87. The summed E-state index contributed by atoms with van der Waals surface area (Å²) >= 11 is 0. The van der Waals surface area contributed by atoms with Gasteiger partial charge in [0.15, 0.2) is 0 Å². The highest BCUT2D eigenvalue weighted by molar-refractivity contribution is 5.13. The van der Waals surface area contributed by atoms with Gasteiger partial charge in [0.1, 0.15) is 0 Å². The SMILES string of the molecule is C=C1C[C@@H]2C(C)[C@H](OC(F)F)CN2C1. The van der Waals surface area contributed by atoms with E-state index in [0.29, 0.717) is 12.6 Å². The molecule has 2 fully saturated rings. The number of nitrogens with zero attached hydrogens (tertiary/aromatic N) is 1. The number of hydrogen-bond donors (Lipinski definition) is 0. The molecule has 80 valence electrons. The van der Waals surface area contributed by atoms with Gasteiger partial charge in [-0.3, -0.25) is 4.90 Å². The second kappa shape index (κ2) is 3.59. The topological polar surface area (TPSA) is 12.5 Å². The van der Waals surface area contributed by atoms with Crippen LogP contribution >= 0.6 is 0 Å². The first-order chi connectivity index (χ1) is 6.58. The summed E-state index contributed by atoms with van der Waals surface area (Å²) in [6, 6.07) is 0.367. The molecule has 0 N–H and O–H groups in total. The maximum Gasteiger partial charge on any atom is 0.345 e. The van der Waals surface area contributed by atoms with Crippen LogP contribution in [-0.2, 0) is 4.74 Å². The zero-order valence-electron chi connectivity index (χ0n) is 8.25. The molecule has 1 unspecified atom stereocenters. The van der Waals surface area contributed by atoms with Crippen molar-refractivity contribution in [3.05, 3.63) is 12.2 Å². The number of rotatable bonds is 2. The number of halogens is 2. The first kappa shape index (κ1) is 10.1. The van der Waals surface area contributed by atoms with Gasteiger partial charge in [-0.1, -0.05) is 19.1 Å². The summed E-state index contributed by atoms with van der Waals surface area (Å²) < 4.78 is 28.7. The molecule has 2 aliphatic rings. The highest BCUT2D eigenvalue weighted by Gasteiger charge is 2.43. The third kappa shape index (κ3) is 1.68. The normalized spacial score (nSPS) is 38.3. The molecule has 2 nitrogen and oxygen atoms in total. The van der Waals surface area contributed by atoms with Gasteiger partial charge in [-0.15, -0.1) is 0 Å². The van der Waals surface area contributed by atoms with Gasteiger partial charge in [0.25, 0.3) is 0 Å². The molecule has 0 aromatic heterocycles. The van der Waals surface area contributed by atoms with Crippen molar-refractivity contribution in [3.8, 4) is 0 Å². The molecule has 2 saturated heterocycles. The van der Waals surface area contributed by atoms with Crippen molar-refractivity contribution in [2.45, 2.75) is 32.1 Å². The molecule has 0 saturated carbocycles. The summed E-state index contributed by atoms with van der Waals surface area (Å²) in [5, 5.41) is 0. The van der Waals surface area contributed by atoms with Crippen molar-refractivity contribution in [3.63, 3.8) is 0 Å². The van der Waals surface area contributed by atoms with Gasteiger partial charge in [-0.2, -0.15) is 8.78 Å². The smallest absolute Gasteiger partial charge is 0.318 e. The highest BCUT2D eigenvalue weighted by Crippen LogP contribution is 2.36. The Morgan fingerprint density at radius 1 is 1.57 bits per heavy atom. The van der Waals surface area contributed by atoms with E-state index in [0.717, 1.165) is 13.0 Å². The average Bonchev–Trinajstić information content (AvgIpc) is 2.53. The van der Waals surface area contributed by atoms with E-state index in [4.69, 9.17) is 0 Å². The standard InChI is InChI=1S/C10H15F2NO/c1-6-3-8-7(2)9(14-10(11)12)5-13(8)4-6/h7-10H,1,3-5H2,2H3/t7?,8-,9-/m1/s1. The van der Waals surface area contributed by atoms with E-state index in [2.05, 4.69) is 16.2 Å². The fourth-order valence-electron chi connectivity index (χ4n) is 2.56. The Morgan fingerprint density at radius 3 is 2.86 bits per heavy atom. The van der Waals surface area contributed by atoms with E-state index in [9.17, 15) is 8.78 Å². The lowest BCUT2D eigenvalue weighted by atomic mass is 9.97. The Hall–Kier alpha value is -0.480. The molecular formula is C10H15F2NO. The van der Waals surface area contributed by atoms with Gasteiger partial charge in [0.2, 0.25) is 0 Å². The first-order valence-corrected chi connectivity index (χ1v) is 4.92. The van der Waals surface area contributed by atoms with Crippen LogP contribution < -0.4 is 0 Å². The van der Waals surface area contributed by atoms with Crippen molar-refractivity contribution in [2.24, 2.45) is 5.92 Å². The van der Waals surface area contributed by atoms with Crippen LogP contribution in [0.1, 0.15) is 13.3 Å². The summed E-state index contributed by atoms with van der Waals surface area (Å²) in [5.41, 5.74) is 1.21. The van der Waals surface area contributed by atoms with Gasteiger partial charge in [-0.25, -0.2) is 0 Å². The second-order valence-electron chi connectivity index (χ2n) is 4.25. The Bertz CT molecular complexity index is 244. The van der Waals surface area contributed by atoms with Crippen molar-refractivity contribution in [2.75, 3.05) is 13.1 Å². The highest BCUT2D eigenvalue weighted by atomic mass is 19.3. The number of fused-ring (bicyclic) bond motifs is 1. The van der Waals surface area contributed by atoms with Crippen molar-refractivity contribution in [1.82, 2.24) is 4.90 Å². The van der Waals surface area contributed by atoms with Crippen LogP contribution in [0.25, 0.3) is 0 Å². The minimum Gasteiger partial charge on any atom is -0.318 e. The summed E-state index contributed by atoms with van der Waals surface area (Å²) in [4.78, 5) is 2.19. The zero-order chi connectivity index (χ0) is 10.3. The molecular weight excluding hydrogens is 188 g/mol. The van der Waals surface area contributed by atoms with Crippen LogP contribution in [0.5, 0.6) is 0 Å². The molecule has 0 radical (unpaired) electrons. The quantitative estimate of drug-likeness (QED) is 0.635. The van der Waals surface area contributed by atoms with Crippen LogP contribution in [0.15, 0.2) is 12.2 Å². The lowest BCUT2D eigenvalue weighted by molar-refractivity contribution is -0.167. The molecule has 3 atom stereocenters. The van der Waals surface area contributed by atoms with Crippen LogP contribution in [-0.4, -0.2) is 36.7 Å². The molecule has 0 amide bonds. The average molecular weight is 203 g/mol. The van der Waals surface area contributed by atoms with Crippen molar-refractivity contribution in [1.29, 1.82) is 0 Å². The molecule has 14 heavy (non-hydrogen) atoms. The summed E-state index contributed by atoms with van der Waals surface area (Å²) in [6.45, 7) is 4.73. The van der Waals surface area contributed by atoms with Gasteiger partial charge in [0, 0.05) is 19.1 Å². The van der Waals surface area contributed by atoms with E-state index in [1.807, 2.05) is 6.92 Å². The predicted molar refractivity (Wildman–Crippen MR) is 49.2 cm³/mol. The molecule has 0 aromatic rings. The van der Waals surface area contributed by atoms with Crippen LogP contribution in [0.3, 0.4) is 0 Å². The van der Waals surface area contributed by atoms with Crippen molar-refractivity contribution >= 4 is 0 Å². The third-order valence-electron chi connectivity index (χ3n) is 3.28. The maximum atomic E-state index is 12.1. The minimum absolute atomic E-state index is 0.184. The Labute approximate surface area is 82.5 Å². The maximum absolute atomic E-state index is 12.1. The number of hydrogen-bond acceptors (Lipinski definition) is 2. The largest absolute Gasteiger partial charge is 0.345 e. The fraction of sp³-hybridized carbons (Fsp3) is 0.800. The molecule has 0 aromatic carbocycles. The van der Waals surface area contributed by atoms with E-state index in [-0.39, 0.29) is 12.0 Å². The monoisotopic (exact) mass is 203 g/mol. The van der Waals surface area contributed by atoms with E-state index < -0.39 is 6.61 Å². The Kier molecular flexibility index (Phi) is 2.58. The Morgan fingerprint density at radius 2 is 2.29 bits per heavy atom. The summed E-state index contributed by atoms with van der Waals surface area (Å²) in [5.74, 6) is 0.184. The number of ether oxygens (including phenoxy) is 1. The number of alkyl halides is 2. The molecule has 2 rings (SSSR count). The lowest BCUT2D eigenvalue weighted by Gasteiger charge is -2.18. The molecule has 2 heterocycles. The molecule has 4 heteroatoms. The van der Waals surface area contributed by atoms with Crippen LogP contribution in [0, 0.1) is 5.92 Å². The third-order valence-corrected chi connectivity index (χ3v) is 3.28. The molecule has 0 aliphatic carbocycles. The summed E-state index contributed by atoms with van der Waals surface area (Å²) in [7, 11) is 0. The van der Waals surface area contributed by atoms with Gasteiger partial charge < -0.3 is 4.74 Å². The Balaban J connectivity index is 1.98. The van der Waals surface area contributed by atoms with Crippen LogP contribution in [0.4, 0.5) is 8.78 Å². The van der Waals surface area contributed by atoms with E-state index >= 15 is 0 Å². The minimum atomic E-state index is -2.65. The van der Waals surface area contributed by atoms with Gasteiger partial charge in [-0.05, 0) is 12.3 Å².